The highest BCUT2D eigenvalue weighted by Gasteiger charge is 2.34. The van der Waals surface area contributed by atoms with Gasteiger partial charge in [-0.3, -0.25) is 5.32 Å². The maximum Gasteiger partial charge on any atom is 0.412 e. The highest BCUT2D eigenvalue weighted by molar-refractivity contribution is 7.80. The van der Waals surface area contributed by atoms with Crippen molar-refractivity contribution in [2.24, 2.45) is 0 Å². The topological polar surface area (TPSA) is 59.6 Å². The fourth-order valence-corrected chi connectivity index (χ4v) is 5.68. The van der Waals surface area contributed by atoms with E-state index in [0.717, 1.165) is 49.8 Å². The van der Waals surface area contributed by atoms with Gasteiger partial charge in [0, 0.05) is 38.0 Å². The van der Waals surface area contributed by atoms with Gasteiger partial charge in [0.25, 0.3) is 5.17 Å². The molecular formula is C32H28Cl2N2O3S. The van der Waals surface area contributed by atoms with Crippen LogP contribution in [0.5, 0.6) is 0 Å². The average Bonchev–Trinajstić information content (AvgIpc) is 2.88. The molecule has 40 heavy (non-hydrogen) atoms. The van der Waals surface area contributed by atoms with Gasteiger partial charge in [-0.1, -0.05) is 71.7 Å². The van der Waals surface area contributed by atoms with Gasteiger partial charge in [0.2, 0.25) is 0 Å². The van der Waals surface area contributed by atoms with E-state index in [1.165, 1.54) is 0 Å². The van der Waals surface area contributed by atoms with Gasteiger partial charge in [0.05, 0.1) is 5.69 Å². The molecule has 0 radical (unpaired) electrons. The van der Waals surface area contributed by atoms with Gasteiger partial charge in [0.15, 0.2) is 0 Å². The number of carbonyl (C=O) groups excluding carboxylic acids is 1. The zero-order valence-corrected chi connectivity index (χ0v) is 24.8. The number of thiocarbonyl (C=S) groups is 1. The van der Waals surface area contributed by atoms with Crippen molar-refractivity contribution >= 4 is 58.1 Å². The Balaban J connectivity index is 0.000000161. The van der Waals surface area contributed by atoms with Crippen LogP contribution in [0.2, 0.25) is 10.0 Å². The molecule has 2 N–H and O–H groups in total. The van der Waals surface area contributed by atoms with E-state index in [-0.39, 0.29) is 0 Å². The van der Waals surface area contributed by atoms with Gasteiger partial charge in [-0.2, -0.15) is 0 Å². The number of hydrogen-bond donors (Lipinski definition) is 2. The fraction of sp³-hybridized carbons (Fsp3) is 0.188. The first-order chi connectivity index (χ1) is 18.9. The SMILES string of the molecule is CC1(C)OC(=O)Nc2ccc(-c3ccccc3Cl)cc21.CC1(C)OC(=S)Nc2ccc(-c3ccccc3Cl)cc21. The number of fused-ring (bicyclic) bond motifs is 2. The lowest BCUT2D eigenvalue weighted by Crippen LogP contribution is -2.34. The zero-order valence-electron chi connectivity index (χ0n) is 22.5. The van der Waals surface area contributed by atoms with Crippen LogP contribution in [-0.4, -0.2) is 11.3 Å². The third-order valence-electron chi connectivity index (χ3n) is 6.88. The third kappa shape index (κ3) is 5.66. The summed E-state index contributed by atoms with van der Waals surface area (Å²) < 4.78 is 11.0. The molecular weight excluding hydrogens is 563 g/mol. The lowest BCUT2D eigenvalue weighted by atomic mass is 9.91. The Morgan fingerprint density at radius 3 is 1.60 bits per heavy atom. The number of cyclic esters (lactones) is 1. The largest absolute Gasteiger partial charge is 0.460 e. The Kier molecular flexibility index (Phi) is 7.53. The number of carbonyl (C=O) groups is 1. The predicted octanol–water partition coefficient (Wildman–Crippen LogP) is 9.77. The number of amides is 1. The molecule has 0 saturated heterocycles. The van der Waals surface area contributed by atoms with Crippen LogP contribution >= 0.6 is 35.4 Å². The van der Waals surface area contributed by atoms with Crippen molar-refractivity contribution in [1.82, 2.24) is 0 Å². The summed E-state index contributed by atoms with van der Waals surface area (Å²) in [5, 5.41) is 7.65. The van der Waals surface area contributed by atoms with Crippen molar-refractivity contribution in [2.45, 2.75) is 38.9 Å². The molecule has 6 rings (SSSR count). The summed E-state index contributed by atoms with van der Waals surface area (Å²) >= 11 is 17.6. The molecule has 0 atom stereocenters. The number of benzene rings is 4. The number of anilines is 2. The van der Waals surface area contributed by atoms with Crippen molar-refractivity contribution in [3.05, 3.63) is 106 Å². The van der Waals surface area contributed by atoms with Gasteiger partial charge in [-0.25, -0.2) is 4.79 Å². The highest BCUT2D eigenvalue weighted by atomic mass is 35.5. The lowest BCUT2D eigenvalue weighted by molar-refractivity contribution is 0.0421. The van der Waals surface area contributed by atoms with E-state index in [0.29, 0.717) is 10.2 Å². The van der Waals surface area contributed by atoms with Crippen LogP contribution in [0.15, 0.2) is 84.9 Å². The van der Waals surface area contributed by atoms with Crippen LogP contribution in [0.25, 0.3) is 22.3 Å². The Labute approximate surface area is 249 Å². The first-order valence-corrected chi connectivity index (χ1v) is 13.9. The molecule has 0 saturated carbocycles. The van der Waals surface area contributed by atoms with E-state index in [1.807, 2.05) is 107 Å². The fourth-order valence-electron chi connectivity index (χ4n) is 4.87. The van der Waals surface area contributed by atoms with Crippen LogP contribution in [0, 0.1) is 0 Å². The summed E-state index contributed by atoms with van der Waals surface area (Å²) in [6.07, 6.45) is -0.423. The minimum absolute atomic E-state index is 0.410. The molecule has 4 aromatic carbocycles. The Hall–Kier alpha value is -3.58. The number of hydrogen-bond acceptors (Lipinski definition) is 4. The van der Waals surface area contributed by atoms with Gasteiger partial charge in [0.1, 0.15) is 11.2 Å². The quantitative estimate of drug-likeness (QED) is 0.227. The Morgan fingerprint density at radius 2 is 1.10 bits per heavy atom. The molecule has 4 aromatic rings. The minimum atomic E-state index is -0.658. The molecule has 1 amide bonds. The molecule has 0 fully saturated rings. The molecule has 204 valence electrons. The van der Waals surface area contributed by atoms with E-state index in [1.54, 1.807) is 0 Å². The van der Waals surface area contributed by atoms with Gasteiger partial charge in [-0.05, 0) is 87.4 Å². The number of nitrogens with one attached hydrogen (secondary N) is 2. The summed E-state index contributed by atoms with van der Waals surface area (Å²) in [4.78, 5) is 11.5. The number of ether oxygens (including phenoxy) is 2. The molecule has 0 aliphatic carbocycles. The van der Waals surface area contributed by atoms with E-state index in [2.05, 4.69) is 16.7 Å². The van der Waals surface area contributed by atoms with E-state index in [4.69, 9.17) is 44.9 Å². The van der Waals surface area contributed by atoms with Crippen LogP contribution in [-0.2, 0) is 20.7 Å². The zero-order chi connectivity index (χ0) is 28.7. The molecule has 2 aliphatic rings. The first-order valence-electron chi connectivity index (χ1n) is 12.7. The van der Waals surface area contributed by atoms with Crippen molar-refractivity contribution in [3.8, 4) is 22.3 Å². The molecule has 0 unspecified atom stereocenters. The first kappa shape index (κ1) is 28.0. The molecule has 2 aliphatic heterocycles. The molecule has 0 aromatic heterocycles. The van der Waals surface area contributed by atoms with Gasteiger partial charge < -0.3 is 14.8 Å². The second-order valence-electron chi connectivity index (χ2n) is 10.5. The van der Waals surface area contributed by atoms with Crippen LogP contribution < -0.4 is 10.6 Å². The van der Waals surface area contributed by atoms with Crippen LogP contribution in [0.4, 0.5) is 16.2 Å². The van der Waals surface area contributed by atoms with E-state index < -0.39 is 17.3 Å². The monoisotopic (exact) mass is 590 g/mol. The summed E-state index contributed by atoms with van der Waals surface area (Å²) in [5.41, 5.74) is 6.72. The summed E-state index contributed by atoms with van der Waals surface area (Å²) in [6, 6.07) is 27.5. The van der Waals surface area contributed by atoms with Crippen molar-refractivity contribution in [3.63, 3.8) is 0 Å². The average molecular weight is 592 g/mol. The van der Waals surface area contributed by atoms with Crippen molar-refractivity contribution in [1.29, 1.82) is 0 Å². The highest BCUT2D eigenvalue weighted by Crippen LogP contribution is 2.40. The van der Waals surface area contributed by atoms with Crippen LogP contribution in [0.1, 0.15) is 38.8 Å². The third-order valence-corrected chi connectivity index (χ3v) is 7.72. The second-order valence-corrected chi connectivity index (χ2v) is 11.7. The van der Waals surface area contributed by atoms with Crippen LogP contribution in [0.3, 0.4) is 0 Å². The smallest absolute Gasteiger partial charge is 0.412 e. The molecule has 0 bridgehead atoms. The maximum atomic E-state index is 11.5. The second kappa shape index (κ2) is 10.8. The number of rotatable bonds is 2. The standard InChI is InChI=1S/C16H14ClNO2.C16H14ClNOS/c1-16(2)12-9-10(11-5-3-4-6-13(11)17)7-8-14(12)18-15(19)20-16;1-16(2)12-9-10(11-5-3-4-6-13(11)17)7-8-14(12)18-15(20)19-16/h3-9H,1-2H3,(H,18,19);3-9H,1-2H3,(H,18,20). The van der Waals surface area contributed by atoms with Gasteiger partial charge in [-0.15, -0.1) is 0 Å². The lowest BCUT2D eigenvalue weighted by Gasteiger charge is -2.34. The summed E-state index contributed by atoms with van der Waals surface area (Å²) in [7, 11) is 0. The molecule has 5 nitrogen and oxygen atoms in total. The van der Waals surface area contributed by atoms with Gasteiger partial charge >= 0.3 is 6.09 Å². The van der Waals surface area contributed by atoms with Crippen molar-refractivity contribution in [2.75, 3.05) is 10.6 Å². The normalized spacial score (nSPS) is 16.1. The Morgan fingerprint density at radius 1 is 0.650 bits per heavy atom. The summed E-state index contributed by atoms with van der Waals surface area (Å²) in [6.45, 7) is 7.77. The predicted molar refractivity (Wildman–Crippen MR) is 167 cm³/mol. The molecule has 2 heterocycles. The maximum absolute atomic E-state index is 11.5. The summed E-state index contributed by atoms with van der Waals surface area (Å²) in [5.74, 6) is 0. The van der Waals surface area contributed by atoms with E-state index in [9.17, 15) is 4.79 Å². The molecule has 0 spiro atoms. The van der Waals surface area contributed by atoms with E-state index >= 15 is 0 Å². The molecule has 8 heteroatoms. The Bertz CT molecular complexity index is 1510. The van der Waals surface area contributed by atoms with Crippen molar-refractivity contribution < 1.29 is 14.3 Å². The number of halogens is 2. The minimum Gasteiger partial charge on any atom is -0.460 e.